The smallest absolute Gasteiger partial charge is 0.243 e. The number of carbonyl (C=O) groups excluding carboxylic acids is 1. The van der Waals surface area contributed by atoms with E-state index in [0.717, 1.165) is 12.8 Å². The van der Waals surface area contributed by atoms with Crippen LogP contribution in [0, 0.1) is 0 Å². The molecule has 138 valence electrons. The van der Waals surface area contributed by atoms with Gasteiger partial charge in [-0.15, -0.1) is 0 Å². The zero-order chi connectivity index (χ0) is 18.6. The molecule has 1 aromatic heterocycles. The third-order valence-corrected chi connectivity index (χ3v) is 6.24. The van der Waals surface area contributed by atoms with E-state index in [0.29, 0.717) is 24.5 Å². The molecule has 2 heterocycles. The van der Waals surface area contributed by atoms with Crippen molar-refractivity contribution in [2.75, 3.05) is 19.0 Å². The second kappa shape index (κ2) is 7.84. The average Bonchev–Trinajstić information content (AvgIpc) is 2.69. The number of methoxy groups -OCH3 is 1. The number of sulfonamides is 1. The molecule has 3 rings (SSSR count). The van der Waals surface area contributed by atoms with Crippen LogP contribution in [0.5, 0.6) is 5.88 Å². The van der Waals surface area contributed by atoms with Gasteiger partial charge in [-0.25, -0.2) is 13.4 Å². The Morgan fingerprint density at radius 3 is 2.62 bits per heavy atom. The number of hydrogen-bond acceptors (Lipinski definition) is 5. The summed E-state index contributed by atoms with van der Waals surface area (Å²) in [5.41, 5.74) is 0.499. The van der Waals surface area contributed by atoms with Crippen LogP contribution in [0.15, 0.2) is 53.6 Å². The van der Waals surface area contributed by atoms with Crippen molar-refractivity contribution in [3.05, 3.63) is 48.7 Å². The molecule has 1 atom stereocenters. The summed E-state index contributed by atoms with van der Waals surface area (Å²) in [6.45, 7) is 0.330. The molecule has 7 nitrogen and oxygen atoms in total. The van der Waals surface area contributed by atoms with Gasteiger partial charge in [0.1, 0.15) is 6.04 Å². The van der Waals surface area contributed by atoms with E-state index in [9.17, 15) is 13.2 Å². The fourth-order valence-corrected chi connectivity index (χ4v) is 4.66. The number of nitrogens with one attached hydrogen (secondary N) is 1. The first kappa shape index (κ1) is 18.3. The van der Waals surface area contributed by atoms with Crippen LogP contribution >= 0.6 is 0 Å². The topological polar surface area (TPSA) is 88.6 Å². The second-order valence-electron chi connectivity index (χ2n) is 6.02. The van der Waals surface area contributed by atoms with Gasteiger partial charge in [0, 0.05) is 12.6 Å². The highest BCUT2D eigenvalue weighted by molar-refractivity contribution is 7.89. The molecule has 0 spiro atoms. The minimum absolute atomic E-state index is 0.200. The summed E-state index contributed by atoms with van der Waals surface area (Å²) in [7, 11) is -2.21. The van der Waals surface area contributed by atoms with Crippen molar-refractivity contribution in [3.8, 4) is 5.88 Å². The Hall–Kier alpha value is -2.45. The molecule has 2 aromatic rings. The number of benzene rings is 1. The van der Waals surface area contributed by atoms with Crippen molar-refractivity contribution < 1.29 is 17.9 Å². The van der Waals surface area contributed by atoms with E-state index >= 15 is 0 Å². The van der Waals surface area contributed by atoms with Gasteiger partial charge in [0.25, 0.3) is 0 Å². The van der Waals surface area contributed by atoms with Crippen molar-refractivity contribution in [3.63, 3.8) is 0 Å². The molecule has 0 saturated carbocycles. The van der Waals surface area contributed by atoms with E-state index in [2.05, 4.69) is 10.3 Å². The van der Waals surface area contributed by atoms with Crippen molar-refractivity contribution in [1.82, 2.24) is 9.29 Å². The number of piperidine rings is 1. The van der Waals surface area contributed by atoms with E-state index < -0.39 is 16.1 Å². The fraction of sp³-hybridized carbons (Fsp3) is 0.333. The summed E-state index contributed by atoms with van der Waals surface area (Å²) in [5, 5.41) is 2.75. The first-order valence-electron chi connectivity index (χ1n) is 8.40. The number of hydrogen-bond donors (Lipinski definition) is 1. The molecule has 1 saturated heterocycles. The van der Waals surface area contributed by atoms with Crippen LogP contribution in [-0.4, -0.2) is 43.3 Å². The largest absolute Gasteiger partial charge is 0.481 e. The molecular weight excluding hydrogens is 354 g/mol. The summed E-state index contributed by atoms with van der Waals surface area (Å²) in [4.78, 5) is 17.0. The standard InChI is InChI=1S/C18H21N3O4S/c1-25-17-11-10-14(13-19-17)20-18(22)16-9-5-6-12-21(16)26(23,24)15-7-3-2-4-8-15/h2-4,7-8,10-11,13,16H,5-6,9,12H2,1H3,(H,20,22). The van der Waals surface area contributed by atoms with E-state index in [4.69, 9.17) is 4.74 Å². The number of anilines is 1. The lowest BCUT2D eigenvalue weighted by Gasteiger charge is -2.33. The number of aromatic nitrogens is 1. The number of carbonyl (C=O) groups is 1. The fourth-order valence-electron chi connectivity index (χ4n) is 2.98. The first-order chi connectivity index (χ1) is 12.5. The molecule has 0 aliphatic carbocycles. The average molecular weight is 375 g/mol. The van der Waals surface area contributed by atoms with Gasteiger partial charge in [-0.05, 0) is 31.0 Å². The quantitative estimate of drug-likeness (QED) is 0.866. The molecule has 1 amide bonds. The third kappa shape index (κ3) is 3.86. The molecule has 0 bridgehead atoms. The number of ether oxygens (including phenoxy) is 1. The molecule has 1 fully saturated rings. The van der Waals surface area contributed by atoms with E-state index in [-0.39, 0.29) is 10.8 Å². The highest BCUT2D eigenvalue weighted by Crippen LogP contribution is 2.26. The Kier molecular flexibility index (Phi) is 5.53. The van der Waals surface area contributed by atoms with Gasteiger partial charge in [-0.3, -0.25) is 4.79 Å². The molecule has 1 unspecified atom stereocenters. The lowest BCUT2D eigenvalue weighted by Crippen LogP contribution is -2.49. The molecular formula is C18H21N3O4S. The Morgan fingerprint density at radius 2 is 1.96 bits per heavy atom. The minimum Gasteiger partial charge on any atom is -0.481 e. The molecule has 1 aliphatic rings. The SMILES string of the molecule is COc1ccc(NC(=O)C2CCCCN2S(=O)(=O)c2ccccc2)cn1. The van der Waals surface area contributed by atoms with Crippen LogP contribution in [0.2, 0.25) is 0 Å². The number of pyridine rings is 1. The van der Waals surface area contributed by atoms with Crippen molar-refractivity contribution >= 4 is 21.6 Å². The van der Waals surface area contributed by atoms with Crippen LogP contribution in [-0.2, 0) is 14.8 Å². The Morgan fingerprint density at radius 1 is 1.19 bits per heavy atom. The van der Waals surface area contributed by atoms with Crippen LogP contribution < -0.4 is 10.1 Å². The molecule has 26 heavy (non-hydrogen) atoms. The third-order valence-electron chi connectivity index (χ3n) is 4.32. The Bertz CT molecular complexity index is 854. The zero-order valence-electron chi connectivity index (χ0n) is 14.5. The molecule has 1 aromatic carbocycles. The molecule has 0 radical (unpaired) electrons. The molecule has 8 heteroatoms. The number of nitrogens with zero attached hydrogens (tertiary/aromatic N) is 2. The summed E-state index contributed by atoms with van der Waals surface area (Å²) in [6, 6.07) is 10.8. The van der Waals surface area contributed by atoms with Gasteiger partial charge in [0.15, 0.2) is 0 Å². The summed E-state index contributed by atoms with van der Waals surface area (Å²) < 4.78 is 32.2. The predicted octanol–water partition coefficient (Wildman–Crippen LogP) is 2.27. The Balaban J connectivity index is 1.81. The maximum Gasteiger partial charge on any atom is 0.243 e. The van der Waals surface area contributed by atoms with Gasteiger partial charge in [-0.1, -0.05) is 24.6 Å². The first-order valence-corrected chi connectivity index (χ1v) is 9.84. The lowest BCUT2D eigenvalue weighted by atomic mass is 10.0. The van der Waals surface area contributed by atoms with Crippen molar-refractivity contribution in [2.24, 2.45) is 0 Å². The van der Waals surface area contributed by atoms with Gasteiger partial charge in [-0.2, -0.15) is 4.31 Å². The maximum absolute atomic E-state index is 13.0. The second-order valence-corrected chi connectivity index (χ2v) is 7.91. The van der Waals surface area contributed by atoms with Crippen molar-refractivity contribution in [2.45, 2.75) is 30.2 Å². The number of amides is 1. The van der Waals surface area contributed by atoms with Crippen LogP contribution in [0.3, 0.4) is 0 Å². The number of rotatable bonds is 5. The Labute approximate surface area is 153 Å². The van der Waals surface area contributed by atoms with Crippen LogP contribution in [0.4, 0.5) is 5.69 Å². The normalized spacial score (nSPS) is 18.3. The van der Waals surface area contributed by atoms with Crippen molar-refractivity contribution in [1.29, 1.82) is 0 Å². The van der Waals surface area contributed by atoms with E-state index in [1.54, 1.807) is 42.5 Å². The predicted molar refractivity (Wildman–Crippen MR) is 97.4 cm³/mol. The highest BCUT2D eigenvalue weighted by atomic mass is 32.2. The lowest BCUT2D eigenvalue weighted by molar-refractivity contribution is -0.120. The van der Waals surface area contributed by atoms with E-state index in [1.165, 1.54) is 17.6 Å². The van der Waals surface area contributed by atoms with Gasteiger partial charge in [0.2, 0.25) is 21.8 Å². The monoisotopic (exact) mass is 375 g/mol. The van der Waals surface area contributed by atoms with Gasteiger partial charge >= 0.3 is 0 Å². The highest BCUT2D eigenvalue weighted by Gasteiger charge is 2.37. The molecule has 1 N–H and O–H groups in total. The van der Waals surface area contributed by atoms with Crippen LogP contribution in [0.1, 0.15) is 19.3 Å². The summed E-state index contributed by atoms with van der Waals surface area (Å²) in [5.74, 6) is 0.0881. The molecule has 1 aliphatic heterocycles. The van der Waals surface area contributed by atoms with E-state index in [1.807, 2.05) is 0 Å². The van der Waals surface area contributed by atoms with Gasteiger partial charge in [0.05, 0.1) is 23.9 Å². The zero-order valence-corrected chi connectivity index (χ0v) is 15.3. The summed E-state index contributed by atoms with van der Waals surface area (Å²) >= 11 is 0. The maximum atomic E-state index is 13.0. The van der Waals surface area contributed by atoms with Gasteiger partial charge < -0.3 is 10.1 Å². The summed E-state index contributed by atoms with van der Waals surface area (Å²) in [6.07, 6.45) is 3.51. The minimum atomic E-state index is -3.72. The van der Waals surface area contributed by atoms with Crippen LogP contribution in [0.25, 0.3) is 0 Å².